The number of aromatic nitrogens is 1. The molecule has 1 aromatic heterocycles. The lowest BCUT2D eigenvalue weighted by Crippen LogP contribution is -2.50. The van der Waals surface area contributed by atoms with Gasteiger partial charge in [-0.1, -0.05) is 17.7 Å². The van der Waals surface area contributed by atoms with E-state index in [1.165, 1.54) is 6.39 Å². The molecule has 0 spiro atoms. The number of nitrogens with zero attached hydrogens (tertiary/aromatic N) is 3. The van der Waals surface area contributed by atoms with Crippen LogP contribution in [0.2, 0.25) is 5.02 Å². The van der Waals surface area contributed by atoms with Gasteiger partial charge in [0.1, 0.15) is 5.52 Å². The predicted octanol–water partition coefficient (Wildman–Crippen LogP) is 3.30. The molecule has 1 aliphatic heterocycles. The average molecular weight is 414 g/mol. The van der Waals surface area contributed by atoms with Crippen LogP contribution in [-0.2, 0) is 9.53 Å². The summed E-state index contributed by atoms with van der Waals surface area (Å²) >= 11 is 6.11. The maximum Gasteiger partial charge on any atom is 0.338 e. The molecule has 7 nitrogen and oxygen atoms in total. The highest BCUT2D eigenvalue weighted by molar-refractivity contribution is 6.30. The number of carbonyl (C=O) groups excluding carboxylic acids is 2. The Morgan fingerprint density at radius 1 is 1.14 bits per heavy atom. The van der Waals surface area contributed by atoms with Crippen molar-refractivity contribution < 1.29 is 18.7 Å². The molecule has 0 radical (unpaired) electrons. The molecule has 2 aromatic carbocycles. The molecular weight excluding hydrogens is 394 g/mol. The topological polar surface area (TPSA) is 75.9 Å². The van der Waals surface area contributed by atoms with Gasteiger partial charge in [0.25, 0.3) is 5.91 Å². The van der Waals surface area contributed by atoms with E-state index in [9.17, 15) is 9.59 Å². The van der Waals surface area contributed by atoms with Crippen molar-refractivity contribution in [3.63, 3.8) is 0 Å². The third-order valence-electron chi connectivity index (χ3n) is 5.04. The van der Waals surface area contributed by atoms with Crippen LogP contribution in [0.25, 0.3) is 11.1 Å². The van der Waals surface area contributed by atoms with E-state index in [0.29, 0.717) is 47.9 Å². The van der Waals surface area contributed by atoms with E-state index in [0.717, 1.165) is 11.3 Å². The van der Waals surface area contributed by atoms with Gasteiger partial charge in [0.2, 0.25) is 0 Å². The Morgan fingerprint density at radius 2 is 1.93 bits per heavy atom. The molecule has 0 bridgehead atoms. The van der Waals surface area contributed by atoms with E-state index in [-0.39, 0.29) is 12.5 Å². The number of esters is 1. The molecule has 3 aromatic rings. The average Bonchev–Trinajstić information content (AvgIpc) is 3.21. The van der Waals surface area contributed by atoms with E-state index >= 15 is 0 Å². The SMILES string of the molecule is Cc1ccc(Cl)cc1N1CCN(C(=O)COC(=O)c2ccc3ocnc3c2)CC1. The highest BCUT2D eigenvalue weighted by Crippen LogP contribution is 2.25. The summed E-state index contributed by atoms with van der Waals surface area (Å²) in [5.74, 6) is -0.764. The van der Waals surface area contributed by atoms with Crippen molar-refractivity contribution >= 4 is 40.3 Å². The molecule has 0 aliphatic carbocycles. The van der Waals surface area contributed by atoms with Crippen molar-refractivity contribution in [2.45, 2.75) is 6.92 Å². The van der Waals surface area contributed by atoms with Gasteiger partial charge in [-0.05, 0) is 42.8 Å². The summed E-state index contributed by atoms with van der Waals surface area (Å²) in [4.78, 5) is 32.6. The number of anilines is 1. The zero-order valence-corrected chi connectivity index (χ0v) is 16.7. The number of benzene rings is 2. The third-order valence-corrected chi connectivity index (χ3v) is 5.27. The molecular formula is C21H20ClN3O4. The smallest absolute Gasteiger partial charge is 0.338 e. The second-order valence-corrected chi connectivity index (χ2v) is 7.35. The first kappa shape index (κ1) is 19.3. The lowest BCUT2D eigenvalue weighted by Gasteiger charge is -2.36. The second kappa shape index (κ2) is 8.13. The van der Waals surface area contributed by atoms with E-state index < -0.39 is 5.97 Å². The number of rotatable bonds is 4. The minimum atomic E-state index is -0.559. The van der Waals surface area contributed by atoms with E-state index in [1.807, 2.05) is 25.1 Å². The fraction of sp³-hybridized carbons (Fsp3) is 0.286. The summed E-state index contributed by atoms with van der Waals surface area (Å²) in [5.41, 5.74) is 3.72. The van der Waals surface area contributed by atoms with Crippen LogP contribution in [0.3, 0.4) is 0 Å². The van der Waals surface area contributed by atoms with Gasteiger partial charge >= 0.3 is 5.97 Å². The van der Waals surface area contributed by atoms with Gasteiger partial charge in [-0.2, -0.15) is 0 Å². The van der Waals surface area contributed by atoms with Crippen molar-refractivity contribution in [3.8, 4) is 0 Å². The van der Waals surface area contributed by atoms with Gasteiger partial charge in [0.05, 0.1) is 5.56 Å². The quantitative estimate of drug-likeness (QED) is 0.611. The van der Waals surface area contributed by atoms with Crippen LogP contribution < -0.4 is 4.90 Å². The summed E-state index contributed by atoms with van der Waals surface area (Å²) in [7, 11) is 0. The number of hydrogen-bond acceptors (Lipinski definition) is 6. The highest BCUT2D eigenvalue weighted by atomic mass is 35.5. The first-order valence-corrected chi connectivity index (χ1v) is 9.68. The Hall–Kier alpha value is -3.06. The Morgan fingerprint density at radius 3 is 2.72 bits per heavy atom. The zero-order chi connectivity index (χ0) is 20.4. The number of hydrogen-bond donors (Lipinski definition) is 0. The van der Waals surface area contributed by atoms with Crippen LogP contribution in [0.15, 0.2) is 47.2 Å². The first-order chi connectivity index (χ1) is 14.0. The molecule has 0 saturated carbocycles. The summed E-state index contributed by atoms with van der Waals surface area (Å²) < 4.78 is 10.3. The number of aryl methyl sites for hydroxylation is 1. The van der Waals surface area contributed by atoms with E-state index in [1.54, 1.807) is 23.1 Å². The van der Waals surface area contributed by atoms with E-state index in [4.69, 9.17) is 20.8 Å². The molecule has 29 heavy (non-hydrogen) atoms. The minimum Gasteiger partial charge on any atom is -0.452 e. The first-order valence-electron chi connectivity index (χ1n) is 9.30. The van der Waals surface area contributed by atoms with Crippen LogP contribution in [0.1, 0.15) is 15.9 Å². The maximum atomic E-state index is 12.5. The lowest BCUT2D eigenvalue weighted by molar-refractivity contribution is -0.134. The fourth-order valence-corrected chi connectivity index (χ4v) is 3.57. The van der Waals surface area contributed by atoms with Crippen LogP contribution >= 0.6 is 11.6 Å². The summed E-state index contributed by atoms with van der Waals surface area (Å²) in [6, 6.07) is 10.6. The number of amides is 1. The zero-order valence-electron chi connectivity index (χ0n) is 15.9. The number of fused-ring (bicyclic) bond motifs is 1. The Bertz CT molecular complexity index is 1060. The number of halogens is 1. The lowest BCUT2D eigenvalue weighted by atomic mass is 10.1. The molecule has 1 saturated heterocycles. The van der Waals surface area contributed by atoms with Gasteiger partial charge in [0, 0.05) is 36.9 Å². The summed E-state index contributed by atoms with van der Waals surface area (Å²) in [6.45, 7) is 4.28. The molecule has 0 atom stereocenters. The van der Waals surface area contributed by atoms with Crippen molar-refractivity contribution in [2.75, 3.05) is 37.7 Å². The third kappa shape index (κ3) is 4.19. The number of piperazine rings is 1. The second-order valence-electron chi connectivity index (χ2n) is 6.91. The van der Waals surface area contributed by atoms with Crippen LogP contribution in [0.5, 0.6) is 0 Å². The largest absolute Gasteiger partial charge is 0.452 e. The van der Waals surface area contributed by atoms with Gasteiger partial charge in [-0.3, -0.25) is 4.79 Å². The van der Waals surface area contributed by atoms with Crippen molar-refractivity contribution in [3.05, 3.63) is 58.9 Å². The van der Waals surface area contributed by atoms with Gasteiger partial charge < -0.3 is 19.0 Å². The molecule has 2 heterocycles. The van der Waals surface area contributed by atoms with Crippen LogP contribution in [-0.4, -0.2) is 54.5 Å². The number of ether oxygens (including phenoxy) is 1. The van der Waals surface area contributed by atoms with Crippen LogP contribution in [0, 0.1) is 6.92 Å². The van der Waals surface area contributed by atoms with Gasteiger partial charge in [0.15, 0.2) is 18.6 Å². The fourth-order valence-electron chi connectivity index (χ4n) is 3.41. The molecule has 8 heteroatoms. The number of oxazole rings is 1. The standard InChI is InChI=1S/C21H20ClN3O4/c1-14-2-4-16(22)11-18(14)24-6-8-25(9-7-24)20(26)12-28-21(27)15-3-5-19-17(10-15)23-13-29-19/h2-5,10-11,13H,6-9,12H2,1H3. The predicted molar refractivity (Wildman–Crippen MR) is 109 cm³/mol. The summed E-state index contributed by atoms with van der Waals surface area (Å²) in [6.07, 6.45) is 1.31. The summed E-state index contributed by atoms with van der Waals surface area (Å²) in [5, 5.41) is 0.694. The monoisotopic (exact) mass is 413 g/mol. The Labute approximate surface area is 172 Å². The van der Waals surface area contributed by atoms with Gasteiger partial charge in [-0.15, -0.1) is 0 Å². The molecule has 1 amide bonds. The minimum absolute atomic E-state index is 0.205. The van der Waals surface area contributed by atoms with E-state index in [2.05, 4.69) is 9.88 Å². The Kier molecular flexibility index (Phi) is 5.40. The molecule has 0 N–H and O–H groups in total. The normalized spacial score (nSPS) is 14.3. The highest BCUT2D eigenvalue weighted by Gasteiger charge is 2.23. The molecule has 150 valence electrons. The molecule has 4 rings (SSSR count). The Balaban J connectivity index is 1.30. The molecule has 1 aliphatic rings. The molecule has 1 fully saturated rings. The van der Waals surface area contributed by atoms with Crippen LogP contribution in [0.4, 0.5) is 5.69 Å². The number of carbonyl (C=O) groups is 2. The molecule has 0 unspecified atom stereocenters. The van der Waals surface area contributed by atoms with Crippen molar-refractivity contribution in [2.24, 2.45) is 0 Å². The van der Waals surface area contributed by atoms with Gasteiger partial charge in [-0.25, -0.2) is 9.78 Å². The van der Waals surface area contributed by atoms with Crippen molar-refractivity contribution in [1.29, 1.82) is 0 Å². The van der Waals surface area contributed by atoms with Crippen molar-refractivity contribution in [1.82, 2.24) is 9.88 Å². The maximum absolute atomic E-state index is 12.5.